The van der Waals surface area contributed by atoms with Gasteiger partial charge in [0.15, 0.2) is 5.69 Å². The van der Waals surface area contributed by atoms with Crippen LogP contribution in [0.2, 0.25) is 0 Å². The third kappa shape index (κ3) is 3.13. The Hall–Kier alpha value is -1.30. The summed E-state index contributed by atoms with van der Waals surface area (Å²) >= 11 is 1.91. The average molecular weight is 267 g/mol. The molecule has 2 rings (SSSR count). The van der Waals surface area contributed by atoms with Gasteiger partial charge in [-0.05, 0) is 25.5 Å². The van der Waals surface area contributed by atoms with E-state index in [9.17, 15) is 4.79 Å². The first-order chi connectivity index (χ1) is 8.72. The van der Waals surface area contributed by atoms with Gasteiger partial charge in [-0.1, -0.05) is 0 Å². The summed E-state index contributed by atoms with van der Waals surface area (Å²) in [6, 6.07) is 0.421. The Balaban J connectivity index is 1.99. The molecule has 98 valence electrons. The summed E-state index contributed by atoms with van der Waals surface area (Å²) in [6.07, 6.45) is 8.68. The van der Waals surface area contributed by atoms with Crippen LogP contribution in [-0.2, 0) is 4.74 Å². The van der Waals surface area contributed by atoms with Crippen LogP contribution in [0.1, 0.15) is 29.8 Å². The van der Waals surface area contributed by atoms with Crippen molar-refractivity contribution in [1.82, 2.24) is 9.97 Å². The number of esters is 1. The molecule has 18 heavy (non-hydrogen) atoms. The molecule has 2 unspecified atom stereocenters. The molecule has 1 aliphatic rings. The molecule has 0 radical (unpaired) electrons. The SMILES string of the molecule is COC(=O)c1cncc(NC2CCC(SC)C2)n1. The van der Waals surface area contributed by atoms with E-state index in [-0.39, 0.29) is 5.69 Å². The van der Waals surface area contributed by atoms with Gasteiger partial charge in [0.25, 0.3) is 0 Å². The van der Waals surface area contributed by atoms with Gasteiger partial charge in [0.2, 0.25) is 0 Å². The van der Waals surface area contributed by atoms with Crippen molar-refractivity contribution >= 4 is 23.5 Å². The number of hydrogen-bond donors (Lipinski definition) is 1. The van der Waals surface area contributed by atoms with Crippen LogP contribution >= 0.6 is 11.8 Å². The smallest absolute Gasteiger partial charge is 0.358 e. The number of nitrogens with zero attached hydrogens (tertiary/aromatic N) is 2. The Bertz CT molecular complexity index is 428. The number of anilines is 1. The number of rotatable bonds is 4. The number of carbonyl (C=O) groups is 1. The van der Waals surface area contributed by atoms with Crippen molar-refractivity contribution in [3.05, 3.63) is 18.1 Å². The highest BCUT2D eigenvalue weighted by Gasteiger charge is 2.24. The van der Waals surface area contributed by atoms with E-state index in [2.05, 4.69) is 26.3 Å². The van der Waals surface area contributed by atoms with E-state index >= 15 is 0 Å². The van der Waals surface area contributed by atoms with E-state index in [1.807, 2.05) is 11.8 Å². The summed E-state index contributed by atoms with van der Waals surface area (Å²) in [7, 11) is 1.34. The fourth-order valence-electron chi connectivity index (χ4n) is 2.13. The van der Waals surface area contributed by atoms with Gasteiger partial charge in [-0.25, -0.2) is 9.78 Å². The number of nitrogens with one attached hydrogen (secondary N) is 1. The van der Waals surface area contributed by atoms with Crippen LogP contribution in [-0.4, -0.2) is 40.6 Å². The highest BCUT2D eigenvalue weighted by Crippen LogP contribution is 2.29. The molecule has 0 amide bonds. The van der Waals surface area contributed by atoms with Gasteiger partial charge in [-0.2, -0.15) is 11.8 Å². The van der Waals surface area contributed by atoms with Crippen molar-refractivity contribution in [3.8, 4) is 0 Å². The standard InChI is InChI=1S/C12H17N3O2S/c1-17-12(16)10-6-13-7-11(15-10)14-8-3-4-9(5-8)18-2/h6-9H,3-5H2,1-2H3,(H,14,15). The maximum absolute atomic E-state index is 11.3. The molecule has 6 heteroatoms. The van der Waals surface area contributed by atoms with Crippen LogP contribution < -0.4 is 5.32 Å². The predicted molar refractivity (Wildman–Crippen MR) is 71.9 cm³/mol. The van der Waals surface area contributed by atoms with Gasteiger partial charge in [-0.3, -0.25) is 4.98 Å². The summed E-state index contributed by atoms with van der Waals surface area (Å²) in [5, 5.41) is 4.05. The number of methoxy groups -OCH3 is 1. The highest BCUT2D eigenvalue weighted by molar-refractivity contribution is 7.99. The number of carbonyl (C=O) groups excluding carboxylic acids is 1. The zero-order valence-corrected chi connectivity index (χ0v) is 11.4. The Morgan fingerprint density at radius 1 is 1.50 bits per heavy atom. The first kappa shape index (κ1) is 13.1. The number of thioether (sulfide) groups is 1. The zero-order chi connectivity index (χ0) is 13.0. The summed E-state index contributed by atoms with van der Waals surface area (Å²) < 4.78 is 4.62. The fraction of sp³-hybridized carbons (Fsp3) is 0.583. The number of hydrogen-bond acceptors (Lipinski definition) is 6. The third-order valence-corrected chi connectivity index (χ3v) is 4.19. The largest absolute Gasteiger partial charge is 0.464 e. The molecule has 1 heterocycles. The van der Waals surface area contributed by atoms with Crippen LogP contribution in [0.3, 0.4) is 0 Å². The predicted octanol–water partition coefficient (Wildman–Crippen LogP) is 1.96. The average Bonchev–Trinajstić information content (AvgIpc) is 2.86. The lowest BCUT2D eigenvalue weighted by atomic mass is 10.2. The molecule has 1 aliphatic carbocycles. The van der Waals surface area contributed by atoms with Gasteiger partial charge < -0.3 is 10.1 Å². The second-order valence-corrected chi connectivity index (χ2v) is 5.43. The molecule has 1 aromatic heterocycles. The molecule has 0 saturated heterocycles. The lowest BCUT2D eigenvalue weighted by Crippen LogP contribution is -2.18. The van der Waals surface area contributed by atoms with Crippen LogP contribution in [0, 0.1) is 0 Å². The van der Waals surface area contributed by atoms with Crippen molar-refractivity contribution < 1.29 is 9.53 Å². The Kier molecular flexibility index (Phi) is 4.41. The van der Waals surface area contributed by atoms with Crippen molar-refractivity contribution in [2.75, 3.05) is 18.7 Å². The molecule has 0 bridgehead atoms. The maximum Gasteiger partial charge on any atom is 0.358 e. The maximum atomic E-state index is 11.3. The Morgan fingerprint density at radius 3 is 3.00 bits per heavy atom. The quantitative estimate of drug-likeness (QED) is 0.841. The minimum Gasteiger partial charge on any atom is -0.464 e. The van der Waals surface area contributed by atoms with Crippen molar-refractivity contribution in [3.63, 3.8) is 0 Å². The zero-order valence-electron chi connectivity index (χ0n) is 10.5. The summed E-state index contributed by atoms with van der Waals surface area (Å²) in [5.41, 5.74) is 0.238. The van der Waals surface area contributed by atoms with Crippen molar-refractivity contribution in [2.24, 2.45) is 0 Å². The lowest BCUT2D eigenvalue weighted by Gasteiger charge is -2.13. The van der Waals surface area contributed by atoms with Crippen LogP contribution in [0.4, 0.5) is 5.82 Å². The summed E-state index contributed by atoms with van der Waals surface area (Å²) in [4.78, 5) is 19.6. The first-order valence-electron chi connectivity index (χ1n) is 5.92. The molecule has 5 nitrogen and oxygen atoms in total. The second kappa shape index (κ2) is 6.04. The van der Waals surface area contributed by atoms with Gasteiger partial charge >= 0.3 is 5.97 Å². The monoisotopic (exact) mass is 267 g/mol. The molecular formula is C12H17N3O2S. The van der Waals surface area contributed by atoms with Crippen LogP contribution in [0.25, 0.3) is 0 Å². The van der Waals surface area contributed by atoms with Crippen LogP contribution in [0.15, 0.2) is 12.4 Å². The van der Waals surface area contributed by atoms with Gasteiger partial charge in [0.1, 0.15) is 5.82 Å². The molecule has 1 N–H and O–H groups in total. The minimum absolute atomic E-state index is 0.238. The molecule has 1 fully saturated rings. The van der Waals surface area contributed by atoms with E-state index in [1.54, 1.807) is 6.20 Å². The van der Waals surface area contributed by atoms with Crippen LogP contribution in [0.5, 0.6) is 0 Å². The third-order valence-electron chi connectivity index (χ3n) is 3.10. The van der Waals surface area contributed by atoms with Gasteiger partial charge in [0.05, 0.1) is 19.5 Å². The molecule has 1 saturated carbocycles. The molecule has 0 aliphatic heterocycles. The van der Waals surface area contributed by atoms with Gasteiger partial charge in [-0.15, -0.1) is 0 Å². The summed E-state index contributed by atoms with van der Waals surface area (Å²) in [6.45, 7) is 0. The van der Waals surface area contributed by atoms with E-state index < -0.39 is 5.97 Å². The minimum atomic E-state index is -0.459. The first-order valence-corrected chi connectivity index (χ1v) is 7.21. The number of ether oxygens (including phenoxy) is 1. The molecular weight excluding hydrogens is 250 g/mol. The molecule has 1 aromatic rings. The van der Waals surface area contributed by atoms with E-state index in [4.69, 9.17) is 0 Å². The summed E-state index contributed by atoms with van der Waals surface area (Å²) in [5.74, 6) is 0.184. The Morgan fingerprint density at radius 2 is 2.33 bits per heavy atom. The lowest BCUT2D eigenvalue weighted by molar-refractivity contribution is 0.0593. The normalized spacial score (nSPS) is 22.8. The molecule has 2 atom stereocenters. The Labute approximate surface area is 111 Å². The van der Waals surface area contributed by atoms with Gasteiger partial charge in [0, 0.05) is 11.3 Å². The van der Waals surface area contributed by atoms with E-state index in [0.29, 0.717) is 11.9 Å². The topological polar surface area (TPSA) is 64.1 Å². The van der Waals surface area contributed by atoms with Crippen molar-refractivity contribution in [1.29, 1.82) is 0 Å². The molecule has 0 aromatic carbocycles. The van der Waals surface area contributed by atoms with E-state index in [1.165, 1.54) is 19.7 Å². The fourth-order valence-corrected chi connectivity index (χ4v) is 2.93. The van der Waals surface area contributed by atoms with Crippen molar-refractivity contribution in [2.45, 2.75) is 30.6 Å². The molecule has 0 spiro atoms. The number of aromatic nitrogens is 2. The highest BCUT2D eigenvalue weighted by atomic mass is 32.2. The van der Waals surface area contributed by atoms with E-state index in [0.717, 1.165) is 18.1 Å². The second-order valence-electron chi connectivity index (χ2n) is 4.29.